The lowest BCUT2D eigenvalue weighted by Gasteiger charge is -2.09. The molecular weight excluding hydrogens is 178 g/mol. The van der Waals surface area contributed by atoms with E-state index in [2.05, 4.69) is 11.2 Å². The van der Waals surface area contributed by atoms with E-state index in [-0.39, 0.29) is 0 Å². The first-order valence-electron chi connectivity index (χ1n) is 4.22. The summed E-state index contributed by atoms with van der Waals surface area (Å²) in [6, 6.07) is 9.04. The smallest absolute Gasteiger partial charge is 0.405 e. The number of carboxylic acid groups (broad SMARTS) is 1. The van der Waals surface area contributed by atoms with Gasteiger partial charge in [-0.3, -0.25) is 0 Å². The topological polar surface area (TPSA) is 49.3 Å². The molecule has 0 aromatic heterocycles. The largest absolute Gasteiger partial charge is 0.465 e. The molecule has 1 atom stereocenters. The lowest BCUT2D eigenvalue weighted by Crippen LogP contribution is -2.33. The van der Waals surface area contributed by atoms with Crippen LogP contribution in [0.5, 0.6) is 0 Å². The van der Waals surface area contributed by atoms with Gasteiger partial charge in [-0.05, 0) is 5.56 Å². The lowest BCUT2D eigenvalue weighted by atomic mass is 10.1. The third-order valence-corrected chi connectivity index (χ3v) is 1.78. The summed E-state index contributed by atoms with van der Waals surface area (Å²) in [6.07, 6.45) is 4.62. The molecule has 1 aromatic rings. The summed E-state index contributed by atoms with van der Waals surface area (Å²) < 4.78 is 0. The minimum atomic E-state index is -1.09. The van der Waals surface area contributed by atoms with E-state index >= 15 is 0 Å². The summed E-state index contributed by atoms with van der Waals surface area (Å²) in [5.41, 5.74) is 1.02. The number of benzene rings is 1. The Bertz CT molecular complexity index is 340. The van der Waals surface area contributed by atoms with Crippen LogP contribution in [0.4, 0.5) is 4.79 Å². The summed E-state index contributed by atoms with van der Waals surface area (Å²) in [6.45, 7) is 0. The second-order valence-electron chi connectivity index (χ2n) is 2.86. The normalized spacial score (nSPS) is 11.4. The molecule has 0 spiro atoms. The molecule has 0 unspecified atom stereocenters. The molecule has 0 aliphatic carbocycles. The minimum Gasteiger partial charge on any atom is -0.465 e. The van der Waals surface area contributed by atoms with Crippen LogP contribution < -0.4 is 5.32 Å². The molecule has 0 bridgehead atoms. The maximum absolute atomic E-state index is 10.4. The van der Waals surface area contributed by atoms with E-state index < -0.39 is 12.1 Å². The van der Waals surface area contributed by atoms with E-state index in [4.69, 9.17) is 11.5 Å². The molecule has 0 aliphatic rings. The zero-order valence-electron chi connectivity index (χ0n) is 7.60. The maximum atomic E-state index is 10.4. The highest BCUT2D eigenvalue weighted by atomic mass is 16.4. The van der Waals surface area contributed by atoms with Gasteiger partial charge in [0, 0.05) is 6.42 Å². The van der Waals surface area contributed by atoms with Crippen molar-refractivity contribution in [3.63, 3.8) is 0 Å². The standard InChI is InChI=1S/C11H11NO2/c1-2-10(12-11(13)14)8-9-6-4-3-5-7-9/h1,3-7,10,12H,8H2,(H,13,14)/t10-/m0/s1. The van der Waals surface area contributed by atoms with Gasteiger partial charge in [0.25, 0.3) is 0 Å². The lowest BCUT2D eigenvalue weighted by molar-refractivity contribution is 0.192. The molecule has 0 saturated carbocycles. The molecule has 3 nitrogen and oxygen atoms in total. The molecule has 0 saturated heterocycles. The Kier molecular flexibility index (Phi) is 3.57. The zero-order valence-corrected chi connectivity index (χ0v) is 7.60. The van der Waals surface area contributed by atoms with Crippen molar-refractivity contribution in [1.29, 1.82) is 0 Å². The maximum Gasteiger partial charge on any atom is 0.405 e. The third-order valence-electron chi connectivity index (χ3n) is 1.78. The molecule has 14 heavy (non-hydrogen) atoms. The van der Waals surface area contributed by atoms with Gasteiger partial charge in [-0.25, -0.2) is 4.79 Å². The van der Waals surface area contributed by atoms with Crippen molar-refractivity contribution in [3.8, 4) is 12.3 Å². The first-order chi connectivity index (χ1) is 6.72. The van der Waals surface area contributed by atoms with Gasteiger partial charge in [0.2, 0.25) is 0 Å². The Hall–Kier alpha value is -1.95. The average molecular weight is 189 g/mol. The fourth-order valence-corrected chi connectivity index (χ4v) is 1.15. The number of carbonyl (C=O) groups is 1. The molecule has 2 N–H and O–H groups in total. The van der Waals surface area contributed by atoms with Gasteiger partial charge in [0.15, 0.2) is 0 Å². The van der Waals surface area contributed by atoms with E-state index in [0.29, 0.717) is 6.42 Å². The Labute approximate surface area is 82.8 Å². The van der Waals surface area contributed by atoms with Crippen molar-refractivity contribution in [2.75, 3.05) is 0 Å². The molecular formula is C11H11NO2. The van der Waals surface area contributed by atoms with Crippen LogP contribution in [0.3, 0.4) is 0 Å². The van der Waals surface area contributed by atoms with Crippen LogP contribution in [0.25, 0.3) is 0 Å². The summed E-state index contributed by atoms with van der Waals surface area (Å²) in [5, 5.41) is 10.7. The van der Waals surface area contributed by atoms with Crippen molar-refractivity contribution in [3.05, 3.63) is 35.9 Å². The Morgan fingerprint density at radius 2 is 2.14 bits per heavy atom. The highest BCUT2D eigenvalue weighted by molar-refractivity contribution is 5.65. The fraction of sp³-hybridized carbons (Fsp3) is 0.182. The summed E-state index contributed by atoms with van der Waals surface area (Å²) >= 11 is 0. The predicted octanol–water partition coefficient (Wildman–Crippen LogP) is 1.50. The fourth-order valence-electron chi connectivity index (χ4n) is 1.15. The van der Waals surface area contributed by atoms with Crippen molar-refractivity contribution in [2.24, 2.45) is 0 Å². The highest BCUT2D eigenvalue weighted by Gasteiger charge is 2.07. The number of hydrogen-bond acceptors (Lipinski definition) is 1. The van der Waals surface area contributed by atoms with Gasteiger partial charge >= 0.3 is 6.09 Å². The average Bonchev–Trinajstić information content (AvgIpc) is 2.17. The van der Waals surface area contributed by atoms with Gasteiger partial charge in [-0.1, -0.05) is 36.3 Å². The number of terminal acetylenes is 1. The molecule has 1 amide bonds. The Balaban J connectivity index is 2.58. The van der Waals surface area contributed by atoms with Crippen LogP contribution in [-0.4, -0.2) is 17.2 Å². The quantitative estimate of drug-likeness (QED) is 0.708. The van der Waals surface area contributed by atoms with Crippen LogP contribution in [0.15, 0.2) is 30.3 Å². The molecule has 1 aromatic carbocycles. The summed E-state index contributed by atoms with van der Waals surface area (Å²) in [7, 11) is 0. The van der Waals surface area contributed by atoms with E-state index in [9.17, 15) is 4.79 Å². The Morgan fingerprint density at radius 3 is 2.64 bits per heavy atom. The van der Waals surface area contributed by atoms with E-state index in [1.807, 2.05) is 30.3 Å². The van der Waals surface area contributed by atoms with Gasteiger partial charge in [-0.2, -0.15) is 0 Å². The molecule has 0 radical (unpaired) electrons. The third kappa shape index (κ3) is 3.20. The molecule has 0 heterocycles. The van der Waals surface area contributed by atoms with Gasteiger partial charge in [0.05, 0.1) is 6.04 Å². The molecule has 0 fully saturated rings. The predicted molar refractivity (Wildman–Crippen MR) is 53.9 cm³/mol. The van der Waals surface area contributed by atoms with Crippen LogP contribution in [-0.2, 0) is 6.42 Å². The van der Waals surface area contributed by atoms with Crippen LogP contribution in [0.2, 0.25) is 0 Å². The van der Waals surface area contributed by atoms with Crippen molar-refractivity contribution in [2.45, 2.75) is 12.5 Å². The first kappa shape index (κ1) is 10.1. The number of nitrogens with one attached hydrogen (secondary N) is 1. The SMILES string of the molecule is C#C[C@@H](Cc1ccccc1)NC(=O)O. The monoisotopic (exact) mass is 189 g/mol. The highest BCUT2D eigenvalue weighted by Crippen LogP contribution is 2.02. The number of hydrogen-bond donors (Lipinski definition) is 2. The van der Waals surface area contributed by atoms with E-state index in [0.717, 1.165) is 5.56 Å². The van der Waals surface area contributed by atoms with Crippen LogP contribution in [0.1, 0.15) is 5.56 Å². The molecule has 3 heteroatoms. The second kappa shape index (κ2) is 4.93. The molecule has 0 aliphatic heterocycles. The second-order valence-corrected chi connectivity index (χ2v) is 2.86. The number of amides is 1. The summed E-state index contributed by atoms with van der Waals surface area (Å²) in [4.78, 5) is 10.4. The number of rotatable bonds is 3. The van der Waals surface area contributed by atoms with E-state index in [1.54, 1.807) is 0 Å². The van der Waals surface area contributed by atoms with Crippen LogP contribution >= 0.6 is 0 Å². The van der Waals surface area contributed by atoms with E-state index in [1.165, 1.54) is 0 Å². The van der Waals surface area contributed by atoms with Crippen LogP contribution in [0, 0.1) is 12.3 Å². The van der Waals surface area contributed by atoms with Gasteiger partial charge in [0.1, 0.15) is 0 Å². The first-order valence-corrected chi connectivity index (χ1v) is 4.22. The van der Waals surface area contributed by atoms with Gasteiger partial charge in [-0.15, -0.1) is 6.42 Å². The zero-order chi connectivity index (χ0) is 10.4. The molecule has 72 valence electrons. The van der Waals surface area contributed by atoms with Gasteiger partial charge < -0.3 is 10.4 Å². The van der Waals surface area contributed by atoms with Crippen molar-refractivity contribution >= 4 is 6.09 Å². The summed E-state index contributed by atoms with van der Waals surface area (Å²) in [5.74, 6) is 2.39. The minimum absolute atomic E-state index is 0.463. The molecule has 1 rings (SSSR count). The van der Waals surface area contributed by atoms with Crippen molar-refractivity contribution in [1.82, 2.24) is 5.32 Å². The Morgan fingerprint density at radius 1 is 1.50 bits per heavy atom. The van der Waals surface area contributed by atoms with Crippen molar-refractivity contribution < 1.29 is 9.90 Å².